The number of fused-ring (bicyclic) bond motifs is 2. The maximum Gasteiger partial charge on any atom is 0.260 e. The zero-order valence-corrected chi connectivity index (χ0v) is 16.1. The lowest BCUT2D eigenvalue weighted by molar-refractivity contribution is -0.109. The molecule has 2 aromatic rings. The van der Waals surface area contributed by atoms with E-state index >= 15 is 0 Å². The van der Waals surface area contributed by atoms with Crippen LogP contribution in [0.3, 0.4) is 0 Å². The maximum atomic E-state index is 12.6. The van der Waals surface area contributed by atoms with Crippen molar-refractivity contribution in [1.29, 1.82) is 0 Å². The van der Waals surface area contributed by atoms with Gasteiger partial charge in [0.15, 0.2) is 5.69 Å². The standard InChI is InChI=1S/C21H23N5O3/c27-18-13-16-19(28-11-6-22-16)14-15(18)23-20-17-5-1-2-9-26(17)24-21(20)29-12-10-25-7-3-4-8-25/h1-2,5,9,13-14,22H,3-4,6-8,10-12H2. The monoisotopic (exact) mass is 393 g/mol. The van der Waals surface area contributed by atoms with Gasteiger partial charge in [0.2, 0.25) is 5.78 Å². The number of carbonyl (C=O) groups excluding carboxylic acids is 1. The largest absolute Gasteiger partial charge is 0.490 e. The second-order valence-electron chi connectivity index (χ2n) is 7.28. The number of allylic oxidation sites excluding steroid dienone is 2. The summed E-state index contributed by atoms with van der Waals surface area (Å²) in [5.74, 6) is 0.911. The molecule has 5 rings (SSSR count). The van der Waals surface area contributed by atoms with E-state index in [4.69, 9.17) is 9.47 Å². The molecule has 0 atom stereocenters. The normalized spacial score (nSPS) is 20.8. The molecule has 3 aliphatic rings. The van der Waals surface area contributed by atoms with Gasteiger partial charge in [0.1, 0.15) is 24.7 Å². The van der Waals surface area contributed by atoms with Gasteiger partial charge in [-0.3, -0.25) is 9.69 Å². The molecule has 0 aromatic carbocycles. The minimum atomic E-state index is -0.167. The Hall–Kier alpha value is -3.13. The Morgan fingerprint density at radius 3 is 3.03 bits per heavy atom. The van der Waals surface area contributed by atoms with Crippen molar-refractivity contribution in [2.75, 3.05) is 39.4 Å². The first-order valence-corrected chi connectivity index (χ1v) is 10.0. The van der Waals surface area contributed by atoms with Crippen LogP contribution in [0.1, 0.15) is 12.8 Å². The molecule has 0 radical (unpaired) electrons. The molecule has 0 unspecified atom stereocenters. The highest BCUT2D eigenvalue weighted by Crippen LogP contribution is 2.33. The smallest absolute Gasteiger partial charge is 0.260 e. The van der Waals surface area contributed by atoms with E-state index in [1.807, 2.05) is 24.4 Å². The Kier molecular flexibility index (Phi) is 4.77. The lowest BCUT2D eigenvalue weighted by Crippen LogP contribution is -2.31. The Labute approximate surface area is 168 Å². The van der Waals surface area contributed by atoms with E-state index in [0.29, 0.717) is 48.5 Å². The number of hydrogen-bond acceptors (Lipinski definition) is 7. The lowest BCUT2D eigenvalue weighted by Gasteiger charge is -2.23. The van der Waals surface area contributed by atoms with Gasteiger partial charge in [-0.25, -0.2) is 9.51 Å². The molecule has 2 saturated heterocycles. The average molecular weight is 393 g/mol. The van der Waals surface area contributed by atoms with E-state index in [1.165, 1.54) is 18.9 Å². The average Bonchev–Trinajstić information content (AvgIpc) is 3.37. The van der Waals surface area contributed by atoms with E-state index in [-0.39, 0.29) is 5.78 Å². The van der Waals surface area contributed by atoms with Crippen molar-refractivity contribution >= 4 is 22.7 Å². The van der Waals surface area contributed by atoms with E-state index in [1.54, 1.807) is 10.6 Å². The lowest BCUT2D eigenvalue weighted by atomic mass is 10.1. The predicted molar refractivity (Wildman–Crippen MR) is 109 cm³/mol. The topological polar surface area (TPSA) is 80.5 Å². The third kappa shape index (κ3) is 3.63. The van der Waals surface area contributed by atoms with Crippen LogP contribution in [0.5, 0.6) is 5.88 Å². The summed E-state index contributed by atoms with van der Waals surface area (Å²) in [7, 11) is 0. The van der Waals surface area contributed by atoms with Crippen LogP contribution in [-0.2, 0) is 9.53 Å². The minimum Gasteiger partial charge on any atom is -0.490 e. The predicted octanol–water partition coefficient (Wildman–Crippen LogP) is 1.85. The number of carbonyl (C=O) groups is 1. The van der Waals surface area contributed by atoms with Crippen molar-refractivity contribution < 1.29 is 14.3 Å². The summed E-state index contributed by atoms with van der Waals surface area (Å²) < 4.78 is 13.4. The molecule has 1 N–H and O–H groups in total. The number of aliphatic imine (C=N–C) groups is 1. The SMILES string of the molecule is O=C1C=C2NCCOC2=CC1=Nc1c(OCCN2CCCC2)nn2ccccc12. The summed E-state index contributed by atoms with van der Waals surface area (Å²) in [6.45, 7) is 4.88. The van der Waals surface area contributed by atoms with Crippen molar-refractivity contribution in [1.82, 2.24) is 19.8 Å². The molecule has 2 aliphatic heterocycles. The fraction of sp³-hybridized carbons (Fsp3) is 0.381. The number of aromatic nitrogens is 2. The Balaban J connectivity index is 1.45. The van der Waals surface area contributed by atoms with Crippen LogP contribution < -0.4 is 10.1 Å². The third-order valence-electron chi connectivity index (χ3n) is 5.30. The van der Waals surface area contributed by atoms with Crippen LogP contribution in [0.4, 0.5) is 5.69 Å². The van der Waals surface area contributed by atoms with Crippen LogP contribution in [0, 0.1) is 0 Å². The summed E-state index contributed by atoms with van der Waals surface area (Å²) in [5.41, 5.74) is 2.38. The summed E-state index contributed by atoms with van der Waals surface area (Å²) in [6, 6.07) is 5.73. The van der Waals surface area contributed by atoms with Gasteiger partial charge in [-0.2, -0.15) is 0 Å². The van der Waals surface area contributed by atoms with Crippen LogP contribution in [0.25, 0.3) is 5.52 Å². The van der Waals surface area contributed by atoms with E-state index < -0.39 is 0 Å². The van der Waals surface area contributed by atoms with Crippen LogP contribution in [0.2, 0.25) is 0 Å². The number of nitrogens with zero attached hydrogens (tertiary/aromatic N) is 4. The van der Waals surface area contributed by atoms with E-state index in [0.717, 1.165) is 25.2 Å². The Bertz CT molecular complexity index is 1030. The maximum absolute atomic E-state index is 12.6. The molecule has 0 bridgehead atoms. The number of ether oxygens (including phenoxy) is 2. The number of morpholine rings is 1. The second kappa shape index (κ2) is 7.71. The van der Waals surface area contributed by atoms with Crippen LogP contribution in [0.15, 0.2) is 53.0 Å². The molecule has 8 nitrogen and oxygen atoms in total. The number of ketones is 1. The molecule has 0 spiro atoms. The molecule has 2 fully saturated rings. The minimum absolute atomic E-state index is 0.167. The molecule has 8 heteroatoms. The van der Waals surface area contributed by atoms with Gasteiger partial charge < -0.3 is 14.8 Å². The van der Waals surface area contributed by atoms with Crippen molar-refractivity contribution in [3.8, 4) is 5.88 Å². The first-order valence-electron chi connectivity index (χ1n) is 10.0. The Morgan fingerprint density at radius 1 is 1.24 bits per heavy atom. The number of likely N-dealkylation sites (tertiary alicyclic amines) is 1. The van der Waals surface area contributed by atoms with E-state index in [9.17, 15) is 4.79 Å². The van der Waals surface area contributed by atoms with Crippen LogP contribution in [-0.4, -0.2) is 65.4 Å². The molecule has 0 amide bonds. The molecular weight excluding hydrogens is 370 g/mol. The molecule has 1 aliphatic carbocycles. The van der Waals surface area contributed by atoms with E-state index in [2.05, 4.69) is 20.3 Å². The van der Waals surface area contributed by atoms with Gasteiger partial charge in [-0.05, 0) is 38.1 Å². The van der Waals surface area contributed by atoms with Gasteiger partial charge in [-0.15, -0.1) is 5.10 Å². The summed E-state index contributed by atoms with van der Waals surface area (Å²) >= 11 is 0. The fourth-order valence-electron chi connectivity index (χ4n) is 3.81. The zero-order chi connectivity index (χ0) is 19.6. The number of pyridine rings is 1. The van der Waals surface area contributed by atoms with Crippen molar-refractivity contribution in [2.24, 2.45) is 4.99 Å². The highest BCUT2D eigenvalue weighted by atomic mass is 16.5. The third-order valence-corrected chi connectivity index (χ3v) is 5.30. The summed E-state index contributed by atoms with van der Waals surface area (Å²) in [6.07, 6.45) is 7.56. The van der Waals surface area contributed by atoms with Crippen molar-refractivity contribution in [2.45, 2.75) is 12.8 Å². The van der Waals surface area contributed by atoms with Gasteiger partial charge in [0.25, 0.3) is 5.88 Å². The molecule has 4 heterocycles. The van der Waals surface area contributed by atoms with Gasteiger partial charge >= 0.3 is 0 Å². The zero-order valence-electron chi connectivity index (χ0n) is 16.1. The quantitative estimate of drug-likeness (QED) is 0.781. The highest BCUT2D eigenvalue weighted by Gasteiger charge is 2.24. The summed E-state index contributed by atoms with van der Waals surface area (Å²) in [5, 5.41) is 7.70. The highest BCUT2D eigenvalue weighted by molar-refractivity contribution is 6.49. The molecule has 0 saturated carbocycles. The number of nitrogens with one attached hydrogen (secondary N) is 1. The van der Waals surface area contributed by atoms with Crippen LogP contribution >= 0.6 is 0 Å². The summed E-state index contributed by atoms with van der Waals surface area (Å²) in [4.78, 5) is 19.6. The van der Waals surface area contributed by atoms with Gasteiger partial charge in [-0.1, -0.05) is 6.07 Å². The molecule has 150 valence electrons. The fourth-order valence-corrected chi connectivity index (χ4v) is 3.81. The Morgan fingerprint density at radius 2 is 2.14 bits per heavy atom. The number of rotatable bonds is 5. The van der Waals surface area contributed by atoms with Crippen molar-refractivity contribution in [3.63, 3.8) is 0 Å². The first kappa shape index (κ1) is 17.9. The number of hydrogen-bond donors (Lipinski definition) is 1. The molecular formula is C21H23N5O3. The van der Waals surface area contributed by atoms with Gasteiger partial charge in [0, 0.05) is 31.4 Å². The van der Waals surface area contributed by atoms with Gasteiger partial charge in [0.05, 0.1) is 11.2 Å². The first-order chi connectivity index (χ1) is 14.3. The molecule has 2 aromatic heterocycles. The molecule has 29 heavy (non-hydrogen) atoms. The van der Waals surface area contributed by atoms with Crippen molar-refractivity contribution in [3.05, 3.63) is 48.0 Å². The second-order valence-corrected chi connectivity index (χ2v) is 7.28.